The van der Waals surface area contributed by atoms with Crippen LogP contribution in [0.5, 0.6) is 0 Å². The monoisotopic (exact) mass is 331 g/mol. The minimum Gasteiger partial charge on any atom is -0.351 e. The number of alkyl halides is 1. The van der Waals surface area contributed by atoms with Crippen molar-refractivity contribution in [1.29, 1.82) is 0 Å². The van der Waals surface area contributed by atoms with Crippen LogP contribution in [-0.4, -0.2) is 27.6 Å². The molecule has 0 fully saturated rings. The van der Waals surface area contributed by atoms with Crippen LogP contribution in [0.3, 0.4) is 0 Å². The molecule has 9 heteroatoms. The second-order valence-electron chi connectivity index (χ2n) is 3.60. The molecule has 0 heterocycles. The van der Waals surface area contributed by atoms with E-state index in [1.807, 2.05) is 0 Å². The predicted octanol–water partition coefficient (Wildman–Crippen LogP) is 1.94. The van der Waals surface area contributed by atoms with E-state index in [0.29, 0.717) is 11.9 Å². The van der Waals surface area contributed by atoms with Gasteiger partial charge in [-0.3, -0.25) is 25.0 Å². The van der Waals surface area contributed by atoms with Crippen molar-refractivity contribution in [2.45, 2.75) is 6.92 Å². The molecule has 0 aliphatic rings. The van der Waals surface area contributed by atoms with Gasteiger partial charge in [0.05, 0.1) is 21.5 Å². The van der Waals surface area contributed by atoms with Crippen LogP contribution in [0.25, 0.3) is 0 Å². The Hall–Kier alpha value is -2.03. The van der Waals surface area contributed by atoms with Crippen LogP contribution < -0.4 is 5.32 Å². The standard InChI is InChI=1S/C10H10BrN3O5/c1-6-8(10(15)12-3-2-11)4-7(13(16)17)5-9(6)14(18)19/h4-5H,2-3H2,1H3,(H,12,15). The van der Waals surface area contributed by atoms with E-state index in [1.165, 1.54) is 6.92 Å². The quantitative estimate of drug-likeness (QED) is 0.502. The average molecular weight is 332 g/mol. The number of nitro groups is 2. The molecule has 0 saturated carbocycles. The predicted molar refractivity (Wildman–Crippen MR) is 70.6 cm³/mol. The lowest BCUT2D eigenvalue weighted by molar-refractivity contribution is -0.394. The number of hydrogen-bond acceptors (Lipinski definition) is 5. The molecular weight excluding hydrogens is 322 g/mol. The zero-order chi connectivity index (χ0) is 14.6. The SMILES string of the molecule is Cc1c(C(=O)NCCBr)cc([N+](=O)[O-])cc1[N+](=O)[O-]. The van der Waals surface area contributed by atoms with Crippen molar-refractivity contribution in [2.75, 3.05) is 11.9 Å². The smallest absolute Gasteiger partial charge is 0.279 e. The van der Waals surface area contributed by atoms with Crippen LogP contribution in [-0.2, 0) is 0 Å². The van der Waals surface area contributed by atoms with Gasteiger partial charge in [0.15, 0.2) is 0 Å². The Morgan fingerprint density at radius 2 is 1.95 bits per heavy atom. The summed E-state index contributed by atoms with van der Waals surface area (Å²) in [6, 6.07) is 1.88. The van der Waals surface area contributed by atoms with Gasteiger partial charge in [-0.2, -0.15) is 0 Å². The number of nitrogens with zero attached hydrogens (tertiary/aromatic N) is 2. The summed E-state index contributed by atoms with van der Waals surface area (Å²) in [5.41, 5.74) is -0.899. The van der Waals surface area contributed by atoms with Gasteiger partial charge in [-0.1, -0.05) is 15.9 Å². The lowest BCUT2D eigenvalue weighted by Gasteiger charge is -2.07. The first-order chi connectivity index (χ1) is 8.88. The number of hydrogen-bond donors (Lipinski definition) is 1. The lowest BCUT2D eigenvalue weighted by Crippen LogP contribution is -2.26. The summed E-state index contributed by atoms with van der Waals surface area (Å²) in [5.74, 6) is -0.580. The fourth-order valence-corrected chi connectivity index (χ4v) is 1.67. The van der Waals surface area contributed by atoms with Crippen molar-refractivity contribution in [2.24, 2.45) is 0 Å². The van der Waals surface area contributed by atoms with E-state index in [1.54, 1.807) is 0 Å². The van der Waals surface area contributed by atoms with Crippen molar-refractivity contribution in [3.63, 3.8) is 0 Å². The second-order valence-corrected chi connectivity index (χ2v) is 4.39. The van der Waals surface area contributed by atoms with Gasteiger partial charge >= 0.3 is 0 Å². The molecule has 8 nitrogen and oxygen atoms in total. The highest BCUT2D eigenvalue weighted by molar-refractivity contribution is 9.09. The topological polar surface area (TPSA) is 115 Å². The normalized spacial score (nSPS) is 10.0. The lowest BCUT2D eigenvalue weighted by atomic mass is 10.0. The largest absolute Gasteiger partial charge is 0.351 e. The number of amides is 1. The summed E-state index contributed by atoms with van der Waals surface area (Å²) >= 11 is 3.11. The molecular formula is C10H10BrN3O5. The number of carbonyl (C=O) groups is 1. The van der Waals surface area contributed by atoms with Crippen LogP contribution in [0.1, 0.15) is 15.9 Å². The summed E-state index contributed by atoms with van der Waals surface area (Å²) < 4.78 is 0. The highest BCUT2D eigenvalue weighted by atomic mass is 79.9. The summed E-state index contributed by atoms with van der Waals surface area (Å²) in [5, 5.41) is 24.5. The Labute approximate surface area is 116 Å². The second kappa shape index (κ2) is 6.23. The van der Waals surface area contributed by atoms with E-state index in [-0.39, 0.29) is 11.1 Å². The third-order valence-electron chi connectivity index (χ3n) is 2.40. The van der Waals surface area contributed by atoms with Crippen LogP contribution in [0.4, 0.5) is 11.4 Å². The number of nitro benzene ring substituents is 2. The van der Waals surface area contributed by atoms with Gasteiger partial charge in [0.1, 0.15) is 0 Å². The Morgan fingerprint density at radius 3 is 2.42 bits per heavy atom. The highest BCUT2D eigenvalue weighted by Gasteiger charge is 2.24. The molecule has 1 rings (SSSR count). The molecule has 1 amide bonds. The molecule has 0 saturated heterocycles. The first-order valence-electron chi connectivity index (χ1n) is 5.16. The number of rotatable bonds is 5. The molecule has 0 aliphatic carbocycles. The molecule has 0 aromatic heterocycles. The summed E-state index contributed by atoms with van der Waals surface area (Å²) in [7, 11) is 0. The fourth-order valence-electron chi connectivity index (χ4n) is 1.47. The minimum atomic E-state index is -0.770. The van der Waals surface area contributed by atoms with Gasteiger partial charge in [-0.05, 0) is 6.92 Å². The van der Waals surface area contributed by atoms with E-state index in [2.05, 4.69) is 21.2 Å². The molecule has 0 aliphatic heterocycles. The number of nitrogens with one attached hydrogen (secondary N) is 1. The first kappa shape index (κ1) is 15.0. The van der Waals surface area contributed by atoms with Crippen molar-refractivity contribution in [3.8, 4) is 0 Å². The minimum absolute atomic E-state index is 0.0677. The van der Waals surface area contributed by atoms with E-state index >= 15 is 0 Å². The van der Waals surface area contributed by atoms with Gasteiger partial charge in [0.25, 0.3) is 17.3 Å². The van der Waals surface area contributed by atoms with Crippen LogP contribution >= 0.6 is 15.9 Å². The van der Waals surface area contributed by atoms with Gasteiger partial charge in [-0.15, -0.1) is 0 Å². The maximum atomic E-state index is 11.8. The summed E-state index contributed by atoms with van der Waals surface area (Å²) in [6.45, 7) is 1.69. The van der Waals surface area contributed by atoms with Crippen LogP contribution in [0.2, 0.25) is 0 Å². The zero-order valence-corrected chi connectivity index (χ0v) is 11.5. The number of halogens is 1. The van der Waals surface area contributed by atoms with Gasteiger partial charge in [0.2, 0.25) is 0 Å². The molecule has 0 spiro atoms. The van der Waals surface area contributed by atoms with Crippen LogP contribution in [0, 0.1) is 27.2 Å². The molecule has 1 N–H and O–H groups in total. The van der Waals surface area contributed by atoms with Crippen molar-refractivity contribution in [3.05, 3.63) is 43.5 Å². The number of non-ortho nitro benzene ring substituents is 1. The molecule has 19 heavy (non-hydrogen) atoms. The average Bonchev–Trinajstić information content (AvgIpc) is 2.35. The zero-order valence-electron chi connectivity index (χ0n) is 9.88. The highest BCUT2D eigenvalue weighted by Crippen LogP contribution is 2.27. The van der Waals surface area contributed by atoms with Crippen molar-refractivity contribution in [1.82, 2.24) is 5.32 Å². The summed E-state index contributed by atoms with van der Waals surface area (Å²) in [6.07, 6.45) is 0. The molecule has 0 atom stereocenters. The molecule has 0 bridgehead atoms. The van der Waals surface area contributed by atoms with E-state index < -0.39 is 27.1 Å². The molecule has 102 valence electrons. The van der Waals surface area contributed by atoms with Gasteiger partial charge < -0.3 is 5.32 Å². The maximum Gasteiger partial charge on any atom is 0.279 e. The Morgan fingerprint density at radius 1 is 1.32 bits per heavy atom. The number of benzene rings is 1. The fraction of sp³-hybridized carbons (Fsp3) is 0.300. The van der Waals surface area contributed by atoms with E-state index in [4.69, 9.17) is 0 Å². The molecule has 0 radical (unpaired) electrons. The van der Waals surface area contributed by atoms with Gasteiger partial charge in [0, 0.05) is 23.5 Å². The molecule has 1 aromatic carbocycles. The Kier molecular flexibility index (Phi) is 4.93. The Bertz CT molecular complexity index is 546. The number of carbonyl (C=O) groups excluding carboxylic acids is 1. The van der Waals surface area contributed by atoms with Crippen LogP contribution in [0.15, 0.2) is 12.1 Å². The Balaban J connectivity index is 3.33. The van der Waals surface area contributed by atoms with E-state index in [9.17, 15) is 25.0 Å². The van der Waals surface area contributed by atoms with E-state index in [0.717, 1.165) is 12.1 Å². The van der Waals surface area contributed by atoms with Gasteiger partial charge in [-0.25, -0.2) is 0 Å². The third-order valence-corrected chi connectivity index (χ3v) is 2.79. The molecule has 1 aromatic rings. The third kappa shape index (κ3) is 3.47. The first-order valence-corrected chi connectivity index (χ1v) is 6.28. The van der Waals surface area contributed by atoms with Crippen molar-refractivity contribution < 1.29 is 14.6 Å². The van der Waals surface area contributed by atoms with Crippen molar-refractivity contribution >= 4 is 33.2 Å². The summed E-state index contributed by atoms with van der Waals surface area (Å²) in [4.78, 5) is 31.8. The molecule has 0 unspecified atom stereocenters. The maximum absolute atomic E-state index is 11.8.